The first kappa shape index (κ1) is 16.9. The van der Waals surface area contributed by atoms with Gasteiger partial charge in [0, 0.05) is 12.3 Å². The summed E-state index contributed by atoms with van der Waals surface area (Å²) in [4.78, 5) is 13.0. The maximum Gasteiger partial charge on any atom is 0.230 e. The predicted molar refractivity (Wildman–Crippen MR) is 97.7 cm³/mol. The number of amides is 1. The summed E-state index contributed by atoms with van der Waals surface area (Å²) in [5.74, 6) is 3.43. The lowest BCUT2D eigenvalue weighted by molar-refractivity contribution is -0.140. The SMILES string of the molecule is CCOCCOc1ccc(NC(=O)C23CC4CC(CC(C4)C2)C3)cc1. The van der Waals surface area contributed by atoms with E-state index >= 15 is 0 Å². The lowest BCUT2D eigenvalue weighted by Crippen LogP contribution is -2.51. The van der Waals surface area contributed by atoms with Crippen molar-refractivity contribution in [2.75, 3.05) is 25.1 Å². The number of benzene rings is 1. The highest BCUT2D eigenvalue weighted by Crippen LogP contribution is 2.60. The van der Waals surface area contributed by atoms with Gasteiger partial charge in [0.25, 0.3) is 0 Å². The highest BCUT2D eigenvalue weighted by atomic mass is 16.5. The summed E-state index contributed by atoms with van der Waals surface area (Å²) >= 11 is 0. The Morgan fingerprint density at radius 1 is 1.04 bits per heavy atom. The van der Waals surface area contributed by atoms with Gasteiger partial charge in [0.05, 0.1) is 12.0 Å². The number of hydrogen-bond acceptors (Lipinski definition) is 3. The normalized spacial score (nSPS) is 32.6. The van der Waals surface area contributed by atoms with Crippen LogP contribution in [0.3, 0.4) is 0 Å². The van der Waals surface area contributed by atoms with Crippen molar-refractivity contribution < 1.29 is 14.3 Å². The molecule has 1 aromatic rings. The molecule has 25 heavy (non-hydrogen) atoms. The molecule has 4 aliphatic carbocycles. The molecular formula is C21H29NO3. The van der Waals surface area contributed by atoms with Crippen LogP contribution in [0.4, 0.5) is 5.69 Å². The molecule has 5 rings (SSSR count). The van der Waals surface area contributed by atoms with Crippen molar-refractivity contribution in [3.63, 3.8) is 0 Å². The van der Waals surface area contributed by atoms with E-state index in [0.29, 0.717) is 19.8 Å². The molecule has 0 unspecified atom stereocenters. The second kappa shape index (κ2) is 6.99. The minimum atomic E-state index is -0.0958. The van der Waals surface area contributed by atoms with Crippen LogP contribution < -0.4 is 10.1 Å². The molecule has 4 bridgehead atoms. The van der Waals surface area contributed by atoms with E-state index in [4.69, 9.17) is 9.47 Å². The zero-order chi connectivity index (χ0) is 17.3. The molecule has 4 saturated carbocycles. The van der Waals surface area contributed by atoms with Crippen LogP contribution in [0, 0.1) is 23.2 Å². The minimum Gasteiger partial charge on any atom is -0.491 e. The zero-order valence-corrected chi connectivity index (χ0v) is 15.1. The van der Waals surface area contributed by atoms with Gasteiger partial charge in [-0.05, 0) is 87.5 Å². The van der Waals surface area contributed by atoms with Crippen LogP contribution in [0.2, 0.25) is 0 Å². The van der Waals surface area contributed by atoms with Gasteiger partial charge in [0.1, 0.15) is 12.4 Å². The standard InChI is InChI=1S/C21H29NO3/c1-2-24-7-8-25-19-5-3-18(4-6-19)22-20(23)21-12-15-9-16(13-21)11-17(10-15)14-21/h3-6,15-17H,2,7-14H2,1H3,(H,22,23). The molecule has 0 atom stereocenters. The van der Waals surface area contributed by atoms with Crippen molar-refractivity contribution in [1.29, 1.82) is 0 Å². The van der Waals surface area contributed by atoms with E-state index in [1.54, 1.807) is 0 Å². The maximum absolute atomic E-state index is 13.0. The summed E-state index contributed by atoms with van der Waals surface area (Å²) in [6, 6.07) is 7.71. The fourth-order valence-electron chi connectivity index (χ4n) is 5.65. The molecule has 0 aliphatic heterocycles. The number of ether oxygens (including phenoxy) is 2. The topological polar surface area (TPSA) is 47.6 Å². The Labute approximate surface area is 150 Å². The average molecular weight is 343 g/mol. The van der Waals surface area contributed by atoms with Gasteiger partial charge in [-0.15, -0.1) is 0 Å². The molecule has 4 fully saturated rings. The smallest absolute Gasteiger partial charge is 0.230 e. The van der Waals surface area contributed by atoms with Crippen molar-refractivity contribution in [3.05, 3.63) is 24.3 Å². The van der Waals surface area contributed by atoms with Gasteiger partial charge in [-0.2, -0.15) is 0 Å². The largest absolute Gasteiger partial charge is 0.491 e. The highest BCUT2D eigenvalue weighted by molar-refractivity contribution is 5.95. The Morgan fingerprint density at radius 3 is 2.20 bits per heavy atom. The van der Waals surface area contributed by atoms with Gasteiger partial charge in [-0.3, -0.25) is 4.79 Å². The summed E-state index contributed by atoms with van der Waals surface area (Å²) < 4.78 is 10.9. The van der Waals surface area contributed by atoms with Crippen LogP contribution in [-0.2, 0) is 9.53 Å². The van der Waals surface area contributed by atoms with Gasteiger partial charge in [0.15, 0.2) is 0 Å². The van der Waals surface area contributed by atoms with E-state index in [2.05, 4.69) is 5.32 Å². The average Bonchev–Trinajstić information content (AvgIpc) is 2.59. The molecule has 136 valence electrons. The third-order valence-corrected chi connectivity index (χ3v) is 6.33. The summed E-state index contributed by atoms with van der Waals surface area (Å²) in [7, 11) is 0. The van der Waals surface area contributed by atoms with Crippen LogP contribution >= 0.6 is 0 Å². The number of hydrogen-bond donors (Lipinski definition) is 1. The first-order valence-electron chi connectivity index (χ1n) is 9.79. The van der Waals surface area contributed by atoms with Crippen molar-refractivity contribution in [2.45, 2.75) is 45.4 Å². The number of carbonyl (C=O) groups is 1. The van der Waals surface area contributed by atoms with E-state index in [9.17, 15) is 4.79 Å². The predicted octanol–water partition coefficient (Wildman–Crippen LogP) is 4.26. The Hall–Kier alpha value is -1.55. The molecule has 1 amide bonds. The maximum atomic E-state index is 13.0. The lowest BCUT2D eigenvalue weighted by atomic mass is 9.49. The molecule has 1 N–H and O–H groups in total. The second-order valence-corrected chi connectivity index (χ2v) is 8.22. The fraction of sp³-hybridized carbons (Fsp3) is 0.667. The molecule has 0 heterocycles. The van der Waals surface area contributed by atoms with Gasteiger partial charge < -0.3 is 14.8 Å². The van der Waals surface area contributed by atoms with Crippen molar-refractivity contribution >= 4 is 11.6 Å². The van der Waals surface area contributed by atoms with Gasteiger partial charge in [0.2, 0.25) is 5.91 Å². The van der Waals surface area contributed by atoms with Gasteiger partial charge >= 0.3 is 0 Å². The highest BCUT2D eigenvalue weighted by Gasteiger charge is 2.54. The molecular weight excluding hydrogens is 314 g/mol. The van der Waals surface area contributed by atoms with Crippen LogP contribution in [0.25, 0.3) is 0 Å². The zero-order valence-electron chi connectivity index (χ0n) is 15.1. The molecule has 1 aromatic carbocycles. The van der Waals surface area contributed by atoms with Crippen molar-refractivity contribution in [1.82, 2.24) is 0 Å². The van der Waals surface area contributed by atoms with E-state index in [1.165, 1.54) is 19.3 Å². The Kier molecular flexibility index (Phi) is 4.72. The van der Waals surface area contributed by atoms with Gasteiger partial charge in [-0.1, -0.05) is 0 Å². The first-order valence-corrected chi connectivity index (χ1v) is 9.79. The molecule has 0 aromatic heterocycles. The monoisotopic (exact) mass is 343 g/mol. The Morgan fingerprint density at radius 2 is 1.64 bits per heavy atom. The summed E-state index contributed by atoms with van der Waals surface area (Å²) in [6.45, 7) is 3.83. The number of carbonyl (C=O) groups excluding carboxylic acids is 1. The fourth-order valence-corrected chi connectivity index (χ4v) is 5.65. The lowest BCUT2D eigenvalue weighted by Gasteiger charge is -2.55. The van der Waals surface area contributed by atoms with E-state index in [1.807, 2.05) is 31.2 Å². The quantitative estimate of drug-likeness (QED) is 0.753. The van der Waals surface area contributed by atoms with Crippen LogP contribution in [0.5, 0.6) is 5.75 Å². The van der Waals surface area contributed by atoms with E-state index in [0.717, 1.165) is 48.5 Å². The molecule has 4 aliphatic rings. The first-order chi connectivity index (χ1) is 12.2. The van der Waals surface area contributed by atoms with E-state index in [-0.39, 0.29) is 11.3 Å². The van der Waals surface area contributed by atoms with Gasteiger partial charge in [-0.25, -0.2) is 0 Å². The Balaban J connectivity index is 1.35. The van der Waals surface area contributed by atoms with Crippen molar-refractivity contribution in [3.8, 4) is 5.75 Å². The third kappa shape index (κ3) is 3.55. The van der Waals surface area contributed by atoms with Crippen LogP contribution in [0.1, 0.15) is 45.4 Å². The van der Waals surface area contributed by atoms with E-state index < -0.39 is 0 Å². The minimum absolute atomic E-state index is 0.0958. The third-order valence-electron chi connectivity index (χ3n) is 6.33. The number of rotatable bonds is 7. The molecule has 4 nitrogen and oxygen atoms in total. The van der Waals surface area contributed by atoms with Crippen LogP contribution in [-0.4, -0.2) is 25.7 Å². The number of nitrogens with one attached hydrogen (secondary N) is 1. The second-order valence-electron chi connectivity index (χ2n) is 8.22. The summed E-state index contributed by atoms with van der Waals surface area (Å²) in [6.07, 6.45) is 7.39. The molecule has 0 radical (unpaired) electrons. The molecule has 4 heteroatoms. The molecule has 0 spiro atoms. The Bertz CT molecular complexity index is 575. The van der Waals surface area contributed by atoms with Crippen LogP contribution in [0.15, 0.2) is 24.3 Å². The summed E-state index contributed by atoms with van der Waals surface area (Å²) in [5.41, 5.74) is 0.777. The molecule has 0 saturated heterocycles. The summed E-state index contributed by atoms with van der Waals surface area (Å²) in [5, 5.41) is 3.18. The van der Waals surface area contributed by atoms with Crippen molar-refractivity contribution in [2.24, 2.45) is 23.2 Å². The number of anilines is 1.